The number of aryl methyl sites for hydroxylation is 1. The van der Waals surface area contributed by atoms with Gasteiger partial charge in [0, 0.05) is 38.4 Å². The molecule has 6 heteroatoms. The Hall–Kier alpha value is -1.27. The van der Waals surface area contributed by atoms with E-state index in [1.54, 1.807) is 11.5 Å². The van der Waals surface area contributed by atoms with Gasteiger partial charge < -0.3 is 4.57 Å². The van der Waals surface area contributed by atoms with Crippen LogP contribution in [0.4, 0.5) is 0 Å². The summed E-state index contributed by atoms with van der Waals surface area (Å²) < 4.78 is 6.30. The fourth-order valence-corrected chi connectivity index (χ4v) is 3.98. The molecule has 0 saturated carbocycles. The molecule has 1 saturated heterocycles. The molecule has 2 aromatic heterocycles. The molecule has 1 aliphatic heterocycles. The van der Waals surface area contributed by atoms with Crippen LogP contribution in [0.5, 0.6) is 0 Å². The molecule has 1 fully saturated rings. The molecule has 114 valence electrons. The zero-order chi connectivity index (χ0) is 14.8. The van der Waals surface area contributed by atoms with Crippen molar-refractivity contribution in [2.75, 3.05) is 13.1 Å². The van der Waals surface area contributed by atoms with Crippen LogP contribution in [0.2, 0.25) is 0 Å². The van der Waals surface area contributed by atoms with Gasteiger partial charge in [0.05, 0.1) is 10.6 Å². The van der Waals surface area contributed by atoms with Gasteiger partial charge in [0.1, 0.15) is 5.82 Å². The highest BCUT2D eigenvalue weighted by molar-refractivity contribution is 7.05. The van der Waals surface area contributed by atoms with Gasteiger partial charge in [-0.1, -0.05) is 18.3 Å². The Kier molecular flexibility index (Phi) is 4.35. The number of hydrogen-bond acceptors (Lipinski definition) is 5. The van der Waals surface area contributed by atoms with Gasteiger partial charge >= 0.3 is 0 Å². The lowest BCUT2D eigenvalue weighted by molar-refractivity contribution is 0.196. The monoisotopic (exact) mass is 305 g/mol. The lowest BCUT2D eigenvalue weighted by Crippen LogP contribution is -2.34. The van der Waals surface area contributed by atoms with E-state index in [0.717, 1.165) is 19.6 Å². The molecule has 0 spiro atoms. The summed E-state index contributed by atoms with van der Waals surface area (Å²) in [5.74, 6) is 2.21. The third kappa shape index (κ3) is 3.16. The molecule has 0 unspecified atom stereocenters. The molecule has 0 aromatic carbocycles. The topological polar surface area (TPSA) is 46.8 Å². The molecule has 5 nitrogen and oxygen atoms in total. The number of hydrogen-bond donors (Lipinski definition) is 0. The van der Waals surface area contributed by atoms with Crippen molar-refractivity contribution in [3.63, 3.8) is 0 Å². The summed E-state index contributed by atoms with van der Waals surface area (Å²) in [6.07, 6.45) is 6.41. The number of imidazole rings is 1. The summed E-state index contributed by atoms with van der Waals surface area (Å²) in [6, 6.07) is 0. The molecule has 0 aliphatic carbocycles. The minimum atomic E-state index is 0.453. The largest absolute Gasteiger partial charge is 0.338 e. The van der Waals surface area contributed by atoms with Crippen molar-refractivity contribution in [3.05, 3.63) is 28.8 Å². The molecule has 0 amide bonds. The first-order chi connectivity index (χ1) is 10.1. The van der Waals surface area contributed by atoms with Crippen molar-refractivity contribution in [3.8, 4) is 0 Å². The first-order valence-electron chi connectivity index (χ1n) is 7.66. The van der Waals surface area contributed by atoms with Crippen LogP contribution in [0.15, 0.2) is 12.4 Å². The van der Waals surface area contributed by atoms with Crippen LogP contribution in [-0.4, -0.2) is 37.1 Å². The lowest BCUT2D eigenvalue weighted by Gasteiger charge is -2.32. The van der Waals surface area contributed by atoms with Gasteiger partial charge in [0.25, 0.3) is 0 Å². The maximum atomic E-state index is 4.53. The Bertz CT molecular complexity index is 588. The molecule has 21 heavy (non-hydrogen) atoms. The second-order valence-corrected chi connectivity index (χ2v) is 7.05. The van der Waals surface area contributed by atoms with E-state index in [2.05, 4.69) is 44.9 Å². The first kappa shape index (κ1) is 14.7. The van der Waals surface area contributed by atoms with Crippen LogP contribution in [0.25, 0.3) is 0 Å². The quantitative estimate of drug-likeness (QED) is 0.871. The average molecular weight is 305 g/mol. The van der Waals surface area contributed by atoms with Crippen molar-refractivity contribution < 1.29 is 0 Å². The smallest absolute Gasteiger partial charge is 0.112 e. The highest BCUT2D eigenvalue weighted by Gasteiger charge is 2.25. The van der Waals surface area contributed by atoms with E-state index < -0.39 is 0 Å². The van der Waals surface area contributed by atoms with E-state index in [9.17, 15) is 0 Å². The summed E-state index contributed by atoms with van der Waals surface area (Å²) in [5, 5.41) is 4.29. The molecule has 3 rings (SSSR count). The Morgan fingerprint density at radius 3 is 3.00 bits per heavy atom. The van der Waals surface area contributed by atoms with Crippen LogP contribution in [0.3, 0.4) is 0 Å². The van der Waals surface area contributed by atoms with E-state index in [0.29, 0.717) is 11.8 Å². The van der Waals surface area contributed by atoms with Crippen LogP contribution in [-0.2, 0) is 13.6 Å². The van der Waals surface area contributed by atoms with Crippen LogP contribution in [0.1, 0.15) is 54.9 Å². The van der Waals surface area contributed by atoms with Gasteiger partial charge in [0.15, 0.2) is 0 Å². The summed E-state index contributed by atoms with van der Waals surface area (Å²) in [5.41, 5.74) is 1.17. The average Bonchev–Trinajstić information content (AvgIpc) is 3.08. The van der Waals surface area contributed by atoms with Gasteiger partial charge in [-0.2, -0.15) is 0 Å². The molecule has 3 heterocycles. The molecule has 0 bridgehead atoms. The van der Waals surface area contributed by atoms with Gasteiger partial charge in [-0.3, -0.25) is 4.90 Å². The molecule has 1 atom stereocenters. The standard InChI is InChI=1S/C15H23N5S/c1-11(2)14-13(21-18-17-14)10-20-7-4-5-12(9-20)15-16-6-8-19(15)3/h6,8,11-12H,4-5,7,9-10H2,1-3H3/t12-/m1/s1. The van der Waals surface area contributed by atoms with Crippen molar-refractivity contribution in [2.45, 2.75) is 45.1 Å². The number of likely N-dealkylation sites (tertiary alicyclic amines) is 1. The number of rotatable bonds is 4. The Balaban J connectivity index is 1.69. The third-order valence-electron chi connectivity index (χ3n) is 4.23. The van der Waals surface area contributed by atoms with Gasteiger partial charge in [-0.15, -0.1) is 5.10 Å². The number of nitrogens with zero attached hydrogens (tertiary/aromatic N) is 5. The van der Waals surface area contributed by atoms with Crippen molar-refractivity contribution in [2.24, 2.45) is 7.05 Å². The van der Waals surface area contributed by atoms with Gasteiger partial charge in [-0.05, 0) is 36.8 Å². The number of piperidine rings is 1. The van der Waals surface area contributed by atoms with Crippen molar-refractivity contribution >= 4 is 11.5 Å². The Labute approximate surface area is 130 Å². The van der Waals surface area contributed by atoms with E-state index in [4.69, 9.17) is 0 Å². The molecule has 0 N–H and O–H groups in total. The van der Waals surface area contributed by atoms with E-state index >= 15 is 0 Å². The minimum absolute atomic E-state index is 0.453. The van der Waals surface area contributed by atoms with Gasteiger partial charge in [-0.25, -0.2) is 4.98 Å². The van der Waals surface area contributed by atoms with Crippen LogP contribution in [0, 0.1) is 0 Å². The highest BCUT2D eigenvalue weighted by Crippen LogP contribution is 2.28. The minimum Gasteiger partial charge on any atom is -0.338 e. The second-order valence-electron chi connectivity index (χ2n) is 6.21. The van der Waals surface area contributed by atoms with E-state index in [1.165, 1.54) is 29.2 Å². The first-order valence-corrected chi connectivity index (χ1v) is 8.43. The Morgan fingerprint density at radius 2 is 2.29 bits per heavy atom. The van der Waals surface area contributed by atoms with Crippen molar-refractivity contribution in [1.82, 2.24) is 24.0 Å². The summed E-state index contributed by atoms with van der Waals surface area (Å²) >= 11 is 1.55. The summed E-state index contributed by atoms with van der Waals surface area (Å²) in [4.78, 5) is 8.39. The SMILES string of the molecule is CC(C)c1nnsc1CN1CCC[C@@H](c2nccn2C)C1. The van der Waals surface area contributed by atoms with E-state index in [1.807, 2.05) is 12.4 Å². The maximum Gasteiger partial charge on any atom is 0.112 e. The van der Waals surface area contributed by atoms with E-state index in [-0.39, 0.29) is 0 Å². The lowest BCUT2D eigenvalue weighted by atomic mass is 9.97. The zero-order valence-corrected chi connectivity index (χ0v) is 13.8. The second kappa shape index (κ2) is 6.23. The fraction of sp³-hybridized carbons (Fsp3) is 0.667. The summed E-state index contributed by atoms with van der Waals surface area (Å²) in [7, 11) is 2.09. The maximum absolute atomic E-state index is 4.53. The molecular formula is C15H23N5S. The molecule has 2 aromatic rings. The Morgan fingerprint density at radius 1 is 1.43 bits per heavy atom. The van der Waals surface area contributed by atoms with Crippen LogP contribution >= 0.6 is 11.5 Å². The number of aromatic nitrogens is 4. The van der Waals surface area contributed by atoms with Gasteiger partial charge in [0.2, 0.25) is 0 Å². The highest BCUT2D eigenvalue weighted by atomic mass is 32.1. The molecule has 1 aliphatic rings. The molecular weight excluding hydrogens is 282 g/mol. The zero-order valence-electron chi connectivity index (χ0n) is 13.0. The predicted octanol–water partition coefficient (Wildman–Crippen LogP) is 2.77. The molecule has 0 radical (unpaired) electrons. The fourth-order valence-electron chi connectivity index (χ4n) is 3.15. The normalized spacial score (nSPS) is 20.3. The summed E-state index contributed by atoms with van der Waals surface area (Å²) in [6.45, 7) is 7.60. The predicted molar refractivity (Wildman–Crippen MR) is 84.5 cm³/mol. The third-order valence-corrected chi connectivity index (χ3v) is 4.95. The van der Waals surface area contributed by atoms with Crippen molar-refractivity contribution in [1.29, 1.82) is 0 Å². The van der Waals surface area contributed by atoms with Crippen LogP contribution < -0.4 is 0 Å².